The Hall–Kier alpha value is -1.38. The third kappa shape index (κ3) is 5.65. The molecule has 1 saturated heterocycles. The van der Waals surface area contributed by atoms with Crippen LogP contribution in [0.2, 0.25) is 0 Å². The molecule has 0 radical (unpaired) electrons. The van der Waals surface area contributed by atoms with Gasteiger partial charge in [-0.3, -0.25) is 0 Å². The minimum atomic E-state index is -0.827. The zero-order valence-corrected chi connectivity index (χ0v) is 19.2. The largest absolute Gasteiger partial charge is 0.504 e. The Kier molecular flexibility index (Phi) is 7.80. The van der Waals surface area contributed by atoms with E-state index in [2.05, 4.69) is 33.0 Å². The van der Waals surface area contributed by atoms with E-state index in [0.29, 0.717) is 6.54 Å². The zero-order chi connectivity index (χ0) is 22.9. The molecule has 1 aliphatic heterocycles. The minimum absolute atomic E-state index is 0.182. The number of phenols is 2. The van der Waals surface area contributed by atoms with E-state index in [1.54, 1.807) is 6.07 Å². The van der Waals surface area contributed by atoms with Crippen LogP contribution < -0.4 is 5.32 Å². The second-order valence-electron chi connectivity index (χ2n) is 10.2. The van der Waals surface area contributed by atoms with E-state index >= 15 is 0 Å². The number of aromatic hydroxyl groups is 2. The van der Waals surface area contributed by atoms with Crippen molar-refractivity contribution < 1.29 is 29.9 Å². The Morgan fingerprint density at radius 3 is 2.23 bits per heavy atom. The van der Waals surface area contributed by atoms with Crippen molar-refractivity contribution in [2.75, 3.05) is 6.61 Å². The number of hydrogen-bond acceptors (Lipinski definition) is 7. The van der Waals surface area contributed by atoms with Gasteiger partial charge >= 0.3 is 0 Å². The third-order valence-corrected chi connectivity index (χ3v) is 6.32. The van der Waals surface area contributed by atoms with E-state index < -0.39 is 30.1 Å². The molecule has 0 spiro atoms. The fourth-order valence-corrected chi connectivity index (χ4v) is 3.99. The quantitative estimate of drug-likeness (QED) is 0.427. The summed E-state index contributed by atoms with van der Waals surface area (Å²) in [7, 11) is 0. The molecule has 5 N–H and O–H groups in total. The highest BCUT2D eigenvalue weighted by atomic mass is 16.7. The molecule has 1 heterocycles. The number of aliphatic hydroxyl groups excluding tert-OH is 2. The third-order valence-electron chi connectivity index (χ3n) is 6.32. The van der Waals surface area contributed by atoms with Gasteiger partial charge in [-0.2, -0.15) is 0 Å². The van der Waals surface area contributed by atoms with Gasteiger partial charge in [-0.25, -0.2) is 0 Å². The molecule has 0 aromatic heterocycles. The molecule has 0 bridgehead atoms. The summed E-state index contributed by atoms with van der Waals surface area (Å²) in [5.74, 6) is -0.438. The van der Waals surface area contributed by atoms with Crippen LogP contribution in [0, 0.1) is 17.3 Å². The summed E-state index contributed by atoms with van der Waals surface area (Å²) < 4.78 is 12.3. The Labute approximate surface area is 180 Å². The Balaban J connectivity index is 2.32. The molecule has 1 aliphatic rings. The van der Waals surface area contributed by atoms with Gasteiger partial charge in [-0.1, -0.05) is 33.8 Å². The number of aliphatic hydroxyl groups is 2. The summed E-state index contributed by atoms with van der Waals surface area (Å²) in [6.07, 6.45) is -2.14. The van der Waals surface area contributed by atoms with Crippen LogP contribution in [-0.2, 0) is 16.0 Å². The highest BCUT2D eigenvalue weighted by molar-refractivity contribution is 5.40. The predicted molar refractivity (Wildman–Crippen MR) is 115 cm³/mol. The van der Waals surface area contributed by atoms with E-state index in [4.69, 9.17) is 9.47 Å². The van der Waals surface area contributed by atoms with Crippen LogP contribution >= 0.6 is 0 Å². The lowest BCUT2D eigenvalue weighted by atomic mass is 9.64. The van der Waals surface area contributed by atoms with Gasteiger partial charge < -0.3 is 35.2 Å². The molecule has 1 fully saturated rings. The fourth-order valence-electron chi connectivity index (χ4n) is 3.99. The summed E-state index contributed by atoms with van der Waals surface area (Å²) in [4.78, 5) is 0. The molecule has 7 heteroatoms. The van der Waals surface area contributed by atoms with Crippen LogP contribution in [0.3, 0.4) is 0 Å². The summed E-state index contributed by atoms with van der Waals surface area (Å²) in [5, 5.41) is 44.1. The van der Waals surface area contributed by atoms with E-state index in [1.165, 1.54) is 12.1 Å². The van der Waals surface area contributed by atoms with Crippen LogP contribution in [0.1, 0.15) is 54.0 Å². The van der Waals surface area contributed by atoms with Crippen molar-refractivity contribution in [1.82, 2.24) is 5.32 Å². The number of ether oxygens (including phenoxy) is 2. The lowest BCUT2D eigenvalue weighted by Crippen LogP contribution is -2.65. The highest BCUT2D eigenvalue weighted by Crippen LogP contribution is 2.44. The average Bonchev–Trinajstić information content (AvgIpc) is 2.61. The first-order valence-corrected chi connectivity index (χ1v) is 10.6. The molecule has 0 saturated carbocycles. The molecule has 7 nitrogen and oxygen atoms in total. The van der Waals surface area contributed by atoms with E-state index in [0.717, 1.165) is 5.56 Å². The molecule has 5 atom stereocenters. The summed E-state index contributed by atoms with van der Waals surface area (Å²) in [5.41, 5.74) is -0.0615. The van der Waals surface area contributed by atoms with Crippen molar-refractivity contribution in [2.45, 2.75) is 85.2 Å². The zero-order valence-electron chi connectivity index (χ0n) is 19.2. The van der Waals surface area contributed by atoms with Crippen LogP contribution in [0.15, 0.2) is 18.2 Å². The van der Waals surface area contributed by atoms with Crippen LogP contribution in [0.5, 0.6) is 11.5 Å². The van der Waals surface area contributed by atoms with Crippen molar-refractivity contribution in [3.63, 3.8) is 0 Å². The van der Waals surface area contributed by atoms with Crippen molar-refractivity contribution in [3.8, 4) is 11.5 Å². The van der Waals surface area contributed by atoms with Gasteiger partial charge in [-0.05, 0) is 49.8 Å². The Morgan fingerprint density at radius 1 is 1.10 bits per heavy atom. The predicted octanol–water partition coefficient (Wildman–Crippen LogP) is 2.75. The SMILES string of the molecule is CC(C)C(C)(C)C1C(CO)OC(OC(C)(C)C)C(NCc2ccc(O)c(O)c2)C1O. The maximum atomic E-state index is 11.4. The molecule has 30 heavy (non-hydrogen) atoms. The van der Waals surface area contributed by atoms with Crippen molar-refractivity contribution in [2.24, 2.45) is 17.3 Å². The first-order chi connectivity index (χ1) is 13.8. The number of phenolic OH excluding ortho intramolecular Hbond substituents is 2. The van der Waals surface area contributed by atoms with Gasteiger partial charge in [0.05, 0.1) is 30.5 Å². The normalized spacial score (nSPS) is 28.1. The molecule has 5 unspecified atom stereocenters. The molecular weight excluding hydrogens is 386 g/mol. The lowest BCUT2D eigenvalue weighted by Gasteiger charge is -2.52. The average molecular weight is 426 g/mol. The molecule has 1 aromatic rings. The van der Waals surface area contributed by atoms with E-state index in [-0.39, 0.29) is 35.4 Å². The van der Waals surface area contributed by atoms with Crippen molar-refractivity contribution >= 4 is 0 Å². The lowest BCUT2D eigenvalue weighted by molar-refractivity contribution is -0.297. The summed E-state index contributed by atoms with van der Waals surface area (Å²) in [6.45, 7) is 14.2. The molecule has 0 aliphatic carbocycles. The van der Waals surface area contributed by atoms with Crippen LogP contribution in [0.4, 0.5) is 0 Å². The molecule has 2 rings (SSSR count). The molecule has 172 valence electrons. The fraction of sp³-hybridized carbons (Fsp3) is 0.739. The summed E-state index contributed by atoms with van der Waals surface area (Å²) >= 11 is 0. The first-order valence-electron chi connectivity index (χ1n) is 10.6. The second kappa shape index (κ2) is 9.40. The van der Waals surface area contributed by atoms with Gasteiger partial charge in [0, 0.05) is 12.5 Å². The van der Waals surface area contributed by atoms with E-state index in [1.807, 2.05) is 20.8 Å². The van der Waals surface area contributed by atoms with Gasteiger partial charge in [0.25, 0.3) is 0 Å². The topological polar surface area (TPSA) is 111 Å². The van der Waals surface area contributed by atoms with Gasteiger partial charge in [0.15, 0.2) is 17.8 Å². The maximum Gasteiger partial charge on any atom is 0.176 e. The van der Waals surface area contributed by atoms with Gasteiger partial charge in [0.2, 0.25) is 0 Å². The smallest absolute Gasteiger partial charge is 0.176 e. The van der Waals surface area contributed by atoms with Crippen LogP contribution in [0.25, 0.3) is 0 Å². The standard InChI is InChI=1S/C23H39NO6/c1-13(2)23(6,7)18-17(12-25)29-21(30-22(3,4)5)19(20(18)28)24-11-14-8-9-15(26)16(27)10-14/h8-10,13,17-21,24-28H,11-12H2,1-7H3. The summed E-state index contributed by atoms with van der Waals surface area (Å²) in [6, 6.07) is 4.05. The molecule has 0 amide bonds. The van der Waals surface area contributed by atoms with Gasteiger partial charge in [-0.15, -0.1) is 0 Å². The number of hydrogen-bond donors (Lipinski definition) is 5. The molecular formula is C23H39NO6. The number of benzene rings is 1. The molecule has 1 aromatic carbocycles. The first kappa shape index (κ1) is 24.9. The number of nitrogens with one attached hydrogen (secondary N) is 1. The number of rotatable bonds is 7. The monoisotopic (exact) mass is 425 g/mol. The maximum absolute atomic E-state index is 11.4. The Morgan fingerprint density at radius 2 is 1.73 bits per heavy atom. The van der Waals surface area contributed by atoms with E-state index in [9.17, 15) is 20.4 Å². The second-order valence-corrected chi connectivity index (χ2v) is 10.2. The van der Waals surface area contributed by atoms with Crippen molar-refractivity contribution in [3.05, 3.63) is 23.8 Å². The van der Waals surface area contributed by atoms with Crippen molar-refractivity contribution in [1.29, 1.82) is 0 Å². The minimum Gasteiger partial charge on any atom is -0.504 e. The van der Waals surface area contributed by atoms with Gasteiger partial charge in [0.1, 0.15) is 0 Å². The Bertz CT molecular complexity index is 699. The van der Waals surface area contributed by atoms with Crippen LogP contribution in [-0.4, -0.2) is 57.2 Å². The highest BCUT2D eigenvalue weighted by Gasteiger charge is 2.52.